The predicted octanol–water partition coefficient (Wildman–Crippen LogP) is 3.07. The molecule has 2 nitrogen and oxygen atoms in total. The van der Waals surface area contributed by atoms with E-state index in [4.69, 9.17) is 4.74 Å². The molecule has 0 bridgehead atoms. The van der Waals surface area contributed by atoms with E-state index in [1.807, 2.05) is 11.8 Å². The molecule has 0 amide bonds. The van der Waals surface area contributed by atoms with Gasteiger partial charge in [0.15, 0.2) is 0 Å². The van der Waals surface area contributed by atoms with Gasteiger partial charge in [0, 0.05) is 24.4 Å². The summed E-state index contributed by atoms with van der Waals surface area (Å²) in [5.74, 6) is 0. The van der Waals surface area contributed by atoms with E-state index in [0.717, 1.165) is 17.9 Å². The topological polar surface area (TPSA) is 21.3 Å². The standard InChI is InChI=1S/C13H27NOS/c1-4-5-6-12(10-15-2)14-11-7-8-13(9-11)16-3/h11-14H,4-10H2,1-3H3. The lowest BCUT2D eigenvalue weighted by atomic mass is 10.1. The fraction of sp³-hybridized carbons (Fsp3) is 1.00. The molecule has 0 aromatic heterocycles. The van der Waals surface area contributed by atoms with Crippen molar-refractivity contribution in [2.24, 2.45) is 0 Å². The van der Waals surface area contributed by atoms with Crippen molar-refractivity contribution in [2.45, 2.75) is 62.8 Å². The second-order valence-corrected chi connectivity index (χ2v) is 5.97. The van der Waals surface area contributed by atoms with Crippen molar-refractivity contribution in [1.29, 1.82) is 0 Å². The molecule has 1 aliphatic rings. The Kier molecular flexibility index (Phi) is 7.50. The summed E-state index contributed by atoms with van der Waals surface area (Å²) in [5.41, 5.74) is 0. The van der Waals surface area contributed by atoms with E-state index in [1.165, 1.54) is 38.5 Å². The third kappa shape index (κ3) is 5.07. The normalized spacial score (nSPS) is 27.2. The predicted molar refractivity (Wildman–Crippen MR) is 73.3 cm³/mol. The third-order valence-corrected chi connectivity index (χ3v) is 4.56. The Morgan fingerprint density at radius 1 is 1.44 bits per heavy atom. The average molecular weight is 245 g/mol. The molecular weight excluding hydrogens is 218 g/mol. The van der Waals surface area contributed by atoms with Gasteiger partial charge in [0.25, 0.3) is 0 Å². The molecule has 1 saturated carbocycles. The van der Waals surface area contributed by atoms with Crippen molar-refractivity contribution >= 4 is 11.8 Å². The monoisotopic (exact) mass is 245 g/mol. The van der Waals surface area contributed by atoms with Crippen molar-refractivity contribution in [3.05, 3.63) is 0 Å². The van der Waals surface area contributed by atoms with E-state index in [1.54, 1.807) is 7.11 Å². The summed E-state index contributed by atoms with van der Waals surface area (Å²) < 4.78 is 5.30. The number of hydrogen-bond acceptors (Lipinski definition) is 3. The second kappa shape index (κ2) is 8.37. The molecule has 0 saturated heterocycles. The van der Waals surface area contributed by atoms with Crippen molar-refractivity contribution < 1.29 is 4.74 Å². The summed E-state index contributed by atoms with van der Waals surface area (Å²) in [6, 6.07) is 1.30. The molecule has 0 heterocycles. The Morgan fingerprint density at radius 3 is 2.81 bits per heavy atom. The van der Waals surface area contributed by atoms with Crippen molar-refractivity contribution in [1.82, 2.24) is 5.32 Å². The number of thioether (sulfide) groups is 1. The van der Waals surface area contributed by atoms with Crippen LogP contribution in [0.1, 0.15) is 45.4 Å². The van der Waals surface area contributed by atoms with E-state index in [2.05, 4.69) is 18.5 Å². The highest BCUT2D eigenvalue weighted by molar-refractivity contribution is 7.99. The lowest BCUT2D eigenvalue weighted by molar-refractivity contribution is 0.155. The largest absolute Gasteiger partial charge is 0.383 e. The Balaban J connectivity index is 2.25. The van der Waals surface area contributed by atoms with E-state index < -0.39 is 0 Å². The molecule has 1 rings (SSSR count). The van der Waals surface area contributed by atoms with Gasteiger partial charge in [0.05, 0.1) is 6.61 Å². The van der Waals surface area contributed by atoms with Crippen LogP contribution >= 0.6 is 11.8 Å². The molecule has 3 unspecified atom stereocenters. The van der Waals surface area contributed by atoms with Gasteiger partial charge in [-0.15, -0.1) is 0 Å². The lowest BCUT2D eigenvalue weighted by Crippen LogP contribution is -2.39. The molecule has 1 fully saturated rings. The van der Waals surface area contributed by atoms with Crippen LogP contribution in [0.15, 0.2) is 0 Å². The van der Waals surface area contributed by atoms with Gasteiger partial charge in [-0.25, -0.2) is 0 Å². The van der Waals surface area contributed by atoms with Gasteiger partial charge in [-0.2, -0.15) is 11.8 Å². The summed E-state index contributed by atoms with van der Waals surface area (Å²) in [4.78, 5) is 0. The molecule has 3 heteroatoms. The number of hydrogen-bond donors (Lipinski definition) is 1. The minimum Gasteiger partial charge on any atom is -0.383 e. The fourth-order valence-corrected chi connectivity index (χ4v) is 3.30. The minimum absolute atomic E-state index is 0.565. The Morgan fingerprint density at radius 2 is 2.25 bits per heavy atom. The van der Waals surface area contributed by atoms with Crippen molar-refractivity contribution in [3.8, 4) is 0 Å². The third-order valence-electron chi connectivity index (χ3n) is 3.46. The van der Waals surface area contributed by atoms with Crippen molar-refractivity contribution in [2.75, 3.05) is 20.0 Å². The quantitative estimate of drug-likeness (QED) is 0.710. The smallest absolute Gasteiger partial charge is 0.0615 e. The summed E-state index contributed by atoms with van der Waals surface area (Å²) in [5, 5.41) is 4.66. The van der Waals surface area contributed by atoms with Crippen LogP contribution < -0.4 is 5.32 Å². The first kappa shape index (κ1) is 14.3. The fourth-order valence-electron chi connectivity index (χ4n) is 2.51. The number of nitrogens with one attached hydrogen (secondary N) is 1. The SMILES string of the molecule is CCCCC(COC)NC1CCC(SC)C1. The highest BCUT2D eigenvalue weighted by Gasteiger charge is 2.25. The van der Waals surface area contributed by atoms with Crippen LogP contribution in [0.25, 0.3) is 0 Å². The van der Waals surface area contributed by atoms with Crippen LogP contribution in [0, 0.1) is 0 Å². The maximum absolute atomic E-state index is 5.30. The summed E-state index contributed by atoms with van der Waals surface area (Å²) >= 11 is 2.02. The summed E-state index contributed by atoms with van der Waals surface area (Å²) in [7, 11) is 1.81. The molecular formula is C13H27NOS. The Bertz CT molecular complexity index is 177. The molecule has 0 radical (unpaired) electrons. The van der Waals surface area contributed by atoms with E-state index in [-0.39, 0.29) is 0 Å². The number of ether oxygens (including phenoxy) is 1. The molecule has 3 atom stereocenters. The van der Waals surface area contributed by atoms with Gasteiger partial charge < -0.3 is 10.1 Å². The first-order valence-electron chi connectivity index (χ1n) is 6.57. The van der Waals surface area contributed by atoms with E-state index >= 15 is 0 Å². The van der Waals surface area contributed by atoms with E-state index in [9.17, 15) is 0 Å². The number of rotatable bonds is 8. The summed E-state index contributed by atoms with van der Waals surface area (Å²) in [6.07, 6.45) is 10.1. The maximum atomic E-state index is 5.30. The molecule has 1 N–H and O–H groups in total. The molecule has 16 heavy (non-hydrogen) atoms. The average Bonchev–Trinajstić information content (AvgIpc) is 2.74. The molecule has 0 spiro atoms. The van der Waals surface area contributed by atoms with Crippen LogP contribution in [-0.4, -0.2) is 37.3 Å². The Labute approximate surface area is 105 Å². The zero-order valence-corrected chi connectivity index (χ0v) is 11.8. The van der Waals surface area contributed by atoms with E-state index in [0.29, 0.717) is 6.04 Å². The second-order valence-electron chi connectivity index (χ2n) is 4.83. The molecule has 0 aromatic rings. The highest BCUT2D eigenvalue weighted by Crippen LogP contribution is 2.28. The number of unbranched alkanes of at least 4 members (excludes halogenated alkanes) is 1. The van der Waals surface area contributed by atoms with Gasteiger partial charge >= 0.3 is 0 Å². The summed E-state index contributed by atoms with van der Waals surface area (Å²) in [6.45, 7) is 3.11. The zero-order valence-electron chi connectivity index (χ0n) is 11.0. The van der Waals surface area contributed by atoms with Crippen LogP contribution in [0.5, 0.6) is 0 Å². The molecule has 0 aromatic carbocycles. The molecule has 1 aliphatic carbocycles. The molecule has 96 valence electrons. The van der Waals surface area contributed by atoms with Crippen LogP contribution in [0.4, 0.5) is 0 Å². The van der Waals surface area contributed by atoms with Gasteiger partial charge in [-0.1, -0.05) is 19.8 Å². The van der Waals surface area contributed by atoms with Gasteiger partial charge in [-0.3, -0.25) is 0 Å². The minimum atomic E-state index is 0.565. The zero-order chi connectivity index (χ0) is 11.8. The number of methoxy groups -OCH3 is 1. The van der Waals surface area contributed by atoms with Gasteiger partial charge in [0.2, 0.25) is 0 Å². The molecule has 0 aliphatic heterocycles. The van der Waals surface area contributed by atoms with Crippen LogP contribution in [0.3, 0.4) is 0 Å². The van der Waals surface area contributed by atoms with Gasteiger partial charge in [0.1, 0.15) is 0 Å². The Hall–Kier alpha value is 0.270. The first-order valence-corrected chi connectivity index (χ1v) is 7.86. The van der Waals surface area contributed by atoms with Crippen molar-refractivity contribution in [3.63, 3.8) is 0 Å². The van der Waals surface area contributed by atoms with Crippen LogP contribution in [-0.2, 0) is 4.74 Å². The highest BCUT2D eigenvalue weighted by atomic mass is 32.2. The van der Waals surface area contributed by atoms with Crippen LogP contribution in [0.2, 0.25) is 0 Å². The first-order chi connectivity index (χ1) is 7.80. The maximum Gasteiger partial charge on any atom is 0.0615 e. The van der Waals surface area contributed by atoms with Gasteiger partial charge in [-0.05, 0) is 31.9 Å². The lowest BCUT2D eigenvalue weighted by Gasteiger charge is -2.22.